The van der Waals surface area contributed by atoms with E-state index in [1.807, 2.05) is 43.3 Å². The van der Waals surface area contributed by atoms with Gasteiger partial charge in [-0.15, -0.1) is 9.98 Å². The predicted octanol–water partition coefficient (Wildman–Crippen LogP) is 9.07. The molecule has 0 radical (unpaired) electrons. The van der Waals surface area contributed by atoms with Crippen LogP contribution >= 0.6 is 0 Å². The van der Waals surface area contributed by atoms with Crippen LogP contribution in [0.4, 0.5) is 24.9 Å². The summed E-state index contributed by atoms with van der Waals surface area (Å²) in [6.07, 6.45) is 1.87. The average molecular weight is 888 g/mol. The van der Waals surface area contributed by atoms with Gasteiger partial charge in [0.1, 0.15) is 28.2 Å². The van der Waals surface area contributed by atoms with Gasteiger partial charge in [0.25, 0.3) is 5.91 Å². The van der Waals surface area contributed by atoms with Gasteiger partial charge in [0.2, 0.25) is 11.9 Å². The Bertz CT molecular complexity index is 2220. The van der Waals surface area contributed by atoms with E-state index in [9.17, 15) is 24.0 Å². The van der Waals surface area contributed by atoms with Gasteiger partial charge in [-0.3, -0.25) is 15.4 Å². The molecule has 0 atom stereocenters. The molecule has 2 aromatic carbocycles. The molecule has 2 heterocycles. The highest BCUT2D eigenvalue weighted by Crippen LogP contribution is 2.33. The Hall–Kier alpha value is -6.39. The number of anilines is 1. The van der Waals surface area contributed by atoms with Gasteiger partial charge in [0.15, 0.2) is 0 Å². The zero-order valence-electron chi connectivity index (χ0n) is 39.7. The minimum atomic E-state index is -0.844. The van der Waals surface area contributed by atoms with Crippen molar-refractivity contribution in [2.45, 2.75) is 125 Å². The lowest BCUT2D eigenvalue weighted by Gasteiger charge is -2.30. The van der Waals surface area contributed by atoms with Crippen molar-refractivity contribution < 1.29 is 47.7 Å². The molecule has 0 saturated heterocycles. The Morgan fingerprint density at radius 3 is 1.48 bits per heavy atom. The second-order valence-electron chi connectivity index (χ2n) is 19.3. The van der Waals surface area contributed by atoms with Gasteiger partial charge < -0.3 is 38.8 Å². The molecule has 17 heteroatoms. The maximum absolute atomic E-state index is 13.6. The minimum absolute atomic E-state index is 0.0136. The Balaban J connectivity index is 1.46. The lowest BCUT2D eigenvalue weighted by molar-refractivity contribution is 0.0536. The summed E-state index contributed by atoms with van der Waals surface area (Å²) in [6.45, 7) is 24.2. The molecule has 2 aliphatic rings. The third-order valence-corrected chi connectivity index (χ3v) is 9.07. The summed E-state index contributed by atoms with van der Waals surface area (Å²) in [6, 6.07) is 11.1. The number of ether oxygens (including phenoxy) is 5. The average Bonchev–Trinajstić information content (AvgIpc) is 3.14. The van der Waals surface area contributed by atoms with Gasteiger partial charge >= 0.3 is 24.4 Å². The first kappa shape index (κ1) is 50.3. The quantitative estimate of drug-likeness (QED) is 0.146. The number of aliphatic imine (C=N–C) groups is 2. The number of hydrogen-bond acceptors (Lipinski definition) is 10. The molecule has 0 aliphatic carbocycles. The first-order valence-electron chi connectivity index (χ1n) is 21.2. The number of benzene rings is 2. The number of hydrogen-bond donors (Lipinski definition) is 3. The lowest BCUT2D eigenvalue weighted by atomic mass is 9.95. The number of carbonyl (C=O) groups is 5. The maximum Gasteiger partial charge on any atom is 0.437 e. The molecule has 2 aromatic rings. The maximum atomic E-state index is 13.6. The van der Waals surface area contributed by atoms with Crippen LogP contribution in [0.25, 0.3) is 11.1 Å². The van der Waals surface area contributed by atoms with Crippen LogP contribution < -0.4 is 20.7 Å². The van der Waals surface area contributed by atoms with Gasteiger partial charge in [0.05, 0.1) is 7.11 Å². The zero-order valence-corrected chi connectivity index (χ0v) is 39.7. The first-order chi connectivity index (χ1) is 29.6. The normalized spacial score (nSPS) is 15.3. The number of aryl methyl sites for hydroxylation is 1. The standard InChI is InChI=1S/C47H65N7O10/c1-29-27-32(30-19-23-53(24-20-30)38(49-40(56)61-44(2,3)4)50-41(57)62-45(5,6)7)15-17-34(29)37(55)48-33-16-18-35(36(28-33)60-14)31-21-25-54(26-22-31)39(51-42(58)63-46(8,9)10)52-43(59)64-47(11,12)13/h15-19,21,27-28H,20,22-26H2,1-14H3,(H,48,55)(H,49,50,56,57)(H,51,52,58,59). The number of methoxy groups -OCH3 is 1. The van der Waals surface area contributed by atoms with Gasteiger partial charge in [-0.1, -0.05) is 24.3 Å². The van der Waals surface area contributed by atoms with Gasteiger partial charge in [0, 0.05) is 49.1 Å². The van der Waals surface area contributed by atoms with Crippen LogP contribution in [0.2, 0.25) is 0 Å². The molecule has 4 rings (SSSR count). The van der Waals surface area contributed by atoms with E-state index in [-0.39, 0.29) is 17.8 Å². The van der Waals surface area contributed by atoms with Crippen LogP contribution in [-0.2, 0) is 18.9 Å². The summed E-state index contributed by atoms with van der Waals surface area (Å²) in [5.74, 6) is 0.303. The van der Waals surface area contributed by atoms with Crippen molar-refractivity contribution in [1.29, 1.82) is 0 Å². The molecule has 0 fully saturated rings. The molecule has 2 aliphatic heterocycles. The molecule has 0 bridgehead atoms. The summed E-state index contributed by atoms with van der Waals surface area (Å²) in [7, 11) is 1.56. The summed E-state index contributed by atoms with van der Waals surface area (Å²) in [4.78, 5) is 75.9. The topological polar surface area (TPSA) is 199 Å². The number of nitrogens with zero attached hydrogens (tertiary/aromatic N) is 4. The third-order valence-electron chi connectivity index (χ3n) is 9.07. The molecule has 5 amide bonds. The highest BCUT2D eigenvalue weighted by Gasteiger charge is 2.27. The molecular weight excluding hydrogens is 823 g/mol. The lowest BCUT2D eigenvalue weighted by Crippen LogP contribution is -2.48. The SMILES string of the molecule is COc1cc(NC(=O)c2ccc(C3=CCN(C(=NC(=O)OC(C)(C)C)NC(=O)OC(C)(C)C)CC3)cc2C)ccc1C1=CCN(C(=NC(=O)OC(C)(C)C)NC(=O)OC(C)(C)C)CC1. The molecule has 17 nitrogen and oxygen atoms in total. The van der Waals surface area contributed by atoms with Crippen LogP contribution in [0.1, 0.15) is 123 Å². The smallest absolute Gasteiger partial charge is 0.437 e. The predicted molar refractivity (Wildman–Crippen MR) is 247 cm³/mol. The van der Waals surface area contributed by atoms with E-state index in [1.54, 1.807) is 112 Å². The van der Waals surface area contributed by atoms with Gasteiger partial charge in [-0.05, 0) is 143 Å². The fourth-order valence-corrected chi connectivity index (χ4v) is 6.47. The van der Waals surface area contributed by atoms with Gasteiger partial charge in [-0.2, -0.15) is 0 Å². The molecule has 348 valence electrons. The van der Waals surface area contributed by atoms with E-state index in [1.165, 1.54) is 0 Å². The summed E-state index contributed by atoms with van der Waals surface area (Å²) in [5, 5.41) is 8.22. The van der Waals surface area contributed by atoms with Crippen molar-refractivity contribution in [3.63, 3.8) is 0 Å². The Morgan fingerprint density at radius 2 is 1.08 bits per heavy atom. The molecule has 64 heavy (non-hydrogen) atoms. The largest absolute Gasteiger partial charge is 0.496 e. The van der Waals surface area contributed by atoms with E-state index in [0.29, 0.717) is 56.0 Å². The highest BCUT2D eigenvalue weighted by molar-refractivity contribution is 6.06. The van der Waals surface area contributed by atoms with Crippen LogP contribution in [-0.4, -0.2) is 108 Å². The van der Waals surface area contributed by atoms with Crippen molar-refractivity contribution in [1.82, 2.24) is 20.4 Å². The molecule has 0 spiro atoms. The number of guanidine groups is 2. The number of rotatable bonds is 5. The molecule has 0 saturated carbocycles. The van der Waals surface area contributed by atoms with Crippen LogP contribution in [0.5, 0.6) is 5.75 Å². The van der Waals surface area contributed by atoms with Crippen molar-refractivity contribution in [2.75, 3.05) is 38.6 Å². The first-order valence-corrected chi connectivity index (χ1v) is 21.2. The van der Waals surface area contributed by atoms with E-state index >= 15 is 0 Å². The van der Waals surface area contributed by atoms with E-state index in [4.69, 9.17) is 23.7 Å². The Labute approximate surface area is 376 Å². The molecule has 0 unspecified atom stereocenters. The van der Waals surface area contributed by atoms with Crippen LogP contribution in [0.3, 0.4) is 0 Å². The highest BCUT2D eigenvalue weighted by atomic mass is 16.6. The third kappa shape index (κ3) is 16.1. The van der Waals surface area contributed by atoms with Crippen LogP contribution in [0, 0.1) is 6.92 Å². The second-order valence-corrected chi connectivity index (χ2v) is 19.3. The number of nitrogens with one attached hydrogen (secondary N) is 3. The van der Waals surface area contributed by atoms with Crippen LogP contribution in [0.15, 0.2) is 58.5 Å². The zero-order chi connectivity index (χ0) is 47.8. The monoisotopic (exact) mass is 887 g/mol. The summed E-state index contributed by atoms with van der Waals surface area (Å²) < 4.78 is 27.3. The van der Waals surface area contributed by atoms with E-state index in [2.05, 4.69) is 25.9 Å². The fraction of sp³-hybridized carbons (Fsp3) is 0.511. The van der Waals surface area contributed by atoms with E-state index in [0.717, 1.165) is 27.8 Å². The minimum Gasteiger partial charge on any atom is -0.496 e. The molecule has 3 N–H and O–H groups in total. The number of amides is 5. The van der Waals surface area contributed by atoms with Crippen molar-refractivity contribution >= 4 is 59.0 Å². The number of alkyl carbamates (subject to hydrolysis) is 2. The Morgan fingerprint density at radius 1 is 0.609 bits per heavy atom. The van der Waals surface area contributed by atoms with Crippen molar-refractivity contribution in [2.24, 2.45) is 9.98 Å². The molecular formula is C47H65N7O10. The summed E-state index contributed by atoms with van der Waals surface area (Å²) >= 11 is 0. The number of carbonyl (C=O) groups excluding carboxylic acids is 5. The van der Waals surface area contributed by atoms with Crippen molar-refractivity contribution in [3.8, 4) is 5.75 Å². The summed E-state index contributed by atoms with van der Waals surface area (Å²) in [5.41, 5.74) is 2.51. The second kappa shape index (κ2) is 20.4. The fourth-order valence-electron chi connectivity index (χ4n) is 6.47. The molecule has 0 aromatic heterocycles. The Kier molecular flexibility index (Phi) is 16.0. The van der Waals surface area contributed by atoms with Crippen molar-refractivity contribution in [3.05, 3.63) is 70.8 Å². The van der Waals surface area contributed by atoms with E-state index < -0.39 is 46.8 Å². The van der Waals surface area contributed by atoms with Gasteiger partial charge in [-0.25, -0.2) is 19.2 Å².